The van der Waals surface area contributed by atoms with Crippen LogP contribution in [0.4, 0.5) is 8.78 Å². The van der Waals surface area contributed by atoms with Gasteiger partial charge in [0.1, 0.15) is 5.75 Å². The molecule has 2 rings (SSSR count). The van der Waals surface area contributed by atoms with Crippen LogP contribution in [-0.2, 0) is 0 Å². The number of carbonyl (C=O) groups is 1. The maximum Gasteiger partial charge on any atom is 0.387 e. The van der Waals surface area contributed by atoms with Gasteiger partial charge in [-0.25, -0.2) is 0 Å². The maximum atomic E-state index is 12.5. The summed E-state index contributed by atoms with van der Waals surface area (Å²) in [5.74, 6) is -0.215. The number of hydrogen-bond donors (Lipinski definition) is 0. The number of carbonyl (C=O) groups excluding carboxylic acids is 1. The Balaban J connectivity index is 2.38. The van der Waals surface area contributed by atoms with Gasteiger partial charge in [-0.05, 0) is 55.7 Å². The molecule has 0 amide bonds. The standard InChI is InChI=1S/C17H16F2O2/c1-10-7-12(3)15(8-11(10)2)16(20)13-5-4-6-14(9-13)21-17(18)19/h4-9,17H,1-3H3. The minimum atomic E-state index is -2.90. The van der Waals surface area contributed by atoms with Gasteiger partial charge in [0.15, 0.2) is 5.78 Å². The summed E-state index contributed by atoms with van der Waals surface area (Å²) >= 11 is 0. The first-order valence-corrected chi connectivity index (χ1v) is 6.56. The van der Waals surface area contributed by atoms with Gasteiger partial charge >= 0.3 is 6.61 Å². The van der Waals surface area contributed by atoms with Crippen LogP contribution < -0.4 is 4.74 Å². The molecule has 2 nitrogen and oxygen atoms in total. The minimum absolute atomic E-state index is 0.0164. The molecule has 2 aromatic carbocycles. The lowest BCUT2D eigenvalue weighted by atomic mass is 9.95. The lowest BCUT2D eigenvalue weighted by Crippen LogP contribution is -2.07. The first-order chi connectivity index (χ1) is 9.88. The minimum Gasteiger partial charge on any atom is -0.435 e. The Morgan fingerprint density at radius 2 is 1.67 bits per heavy atom. The monoisotopic (exact) mass is 290 g/mol. The van der Waals surface area contributed by atoms with E-state index in [4.69, 9.17) is 0 Å². The summed E-state index contributed by atoms with van der Waals surface area (Å²) < 4.78 is 28.8. The molecule has 0 aliphatic rings. The van der Waals surface area contributed by atoms with E-state index in [1.807, 2.05) is 32.9 Å². The SMILES string of the molecule is Cc1cc(C)c(C(=O)c2cccc(OC(F)F)c2)cc1C. The molecule has 0 saturated carbocycles. The van der Waals surface area contributed by atoms with Crippen LogP contribution in [0.25, 0.3) is 0 Å². The lowest BCUT2D eigenvalue weighted by molar-refractivity contribution is -0.0498. The largest absolute Gasteiger partial charge is 0.435 e. The predicted molar refractivity (Wildman–Crippen MR) is 77.2 cm³/mol. The Labute approximate surface area is 122 Å². The quantitative estimate of drug-likeness (QED) is 0.778. The predicted octanol–water partition coefficient (Wildman–Crippen LogP) is 4.44. The van der Waals surface area contributed by atoms with Gasteiger partial charge in [0.05, 0.1) is 0 Å². The number of rotatable bonds is 4. The van der Waals surface area contributed by atoms with E-state index in [0.29, 0.717) is 11.1 Å². The van der Waals surface area contributed by atoms with E-state index in [-0.39, 0.29) is 11.5 Å². The van der Waals surface area contributed by atoms with Crippen LogP contribution in [0.3, 0.4) is 0 Å². The normalized spacial score (nSPS) is 10.8. The highest BCUT2D eigenvalue weighted by atomic mass is 19.3. The van der Waals surface area contributed by atoms with Gasteiger partial charge < -0.3 is 4.74 Å². The van der Waals surface area contributed by atoms with Crippen molar-refractivity contribution in [2.45, 2.75) is 27.4 Å². The van der Waals surface area contributed by atoms with Crippen molar-refractivity contribution >= 4 is 5.78 Å². The Bertz CT molecular complexity index is 678. The van der Waals surface area contributed by atoms with Crippen LogP contribution in [0.15, 0.2) is 36.4 Å². The third kappa shape index (κ3) is 3.45. The first-order valence-electron chi connectivity index (χ1n) is 6.56. The van der Waals surface area contributed by atoms with Crippen LogP contribution in [0, 0.1) is 20.8 Å². The van der Waals surface area contributed by atoms with E-state index in [1.165, 1.54) is 18.2 Å². The molecule has 0 atom stereocenters. The molecule has 0 radical (unpaired) electrons. The Kier molecular flexibility index (Phi) is 4.36. The molecule has 0 unspecified atom stereocenters. The zero-order chi connectivity index (χ0) is 15.6. The third-order valence-corrected chi connectivity index (χ3v) is 3.41. The van der Waals surface area contributed by atoms with Crippen molar-refractivity contribution in [2.75, 3.05) is 0 Å². The Morgan fingerprint density at radius 3 is 2.33 bits per heavy atom. The maximum absolute atomic E-state index is 12.5. The van der Waals surface area contributed by atoms with Gasteiger partial charge in [-0.1, -0.05) is 18.2 Å². The summed E-state index contributed by atoms with van der Waals surface area (Å²) in [7, 11) is 0. The van der Waals surface area contributed by atoms with E-state index in [2.05, 4.69) is 4.74 Å². The summed E-state index contributed by atoms with van der Waals surface area (Å²) in [5.41, 5.74) is 3.90. The van der Waals surface area contributed by atoms with Gasteiger partial charge in [-0.15, -0.1) is 0 Å². The highest BCUT2D eigenvalue weighted by Gasteiger charge is 2.14. The number of hydrogen-bond acceptors (Lipinski definition) is 2. The van der Waals surface area contributed by atoms with E-state index >= 15 is 0 Å². The van der Waals surface area contributed by atoms with E-state index < -0.39 is 6.61 Å². The smallest absolute Gasteiger partial charge is 0.387 e. The molecular weight excluding hydrogens is 274 g/mol. The number of ketones is 1. The second-order valence-electron chi connectivity index (χ2n) is 4.99. The van der Waals surface area contributed by atoms with Crippen molar-refractivity contribution in [2.24, 2.45) is 0 Å². The second-order valence-corrected chi connectivity index (χ2v) is 4.99. The molecule has 0 heterocycles. The number of benzene rings is 2. The molecule has 0 spiro atoms. The molecular formula is C17H16F2O2. The van der Waals surface area contributed by atoms with Crippen molar-refractivity contribution in [1.82, 2.24) is 0 Å². The lowest BCUT2D eigenvalue weighted by Gasteiger charge is -2.10. The van der Waals surface area contributed by atoms with Crippen molar-refractivity contribution in [3.05, 3.63) is 64.2 Å². The second kappa shape index (κ2) is 6.04. The molecule has 21 heavy (non-hydrogen) atoms. The molecule has 110 valence electrons. The summed E-state index contributed by atoms with van der Waals surface area (Å²) in [6, 6.07) is 9.63. The molecule has 0 N–H and O–H groups in total. The molecule has 4 heteroatoms. The highest BCUT2D eigenvalue weighted by molar-refractivity contribution is 6.10. The third-order valence-electron chi connectivity index (χ3n) is 3.41. The molecule has 0 fully saturated rings. The number of ether oxygens (including phenoxy) is 1. The molecule has 0 aliphatic carbocycles. The zero-order valence-electron chi connectivity index (χ0n) is 12.1. The summed E-state index contributed by atoms with van der Waals surface area (Å²) in [5, 5.41) is 0. The van der Waals surface area contributed by atoms with E-state index in [1.54, 1.807) is 6.07 Å². The van der Waals surface area contributed by atoms with Gasteiger partial charge in [0.25, 0.3) is 0 Å². The van der Waals surface area contributed by atoms with Gasteiger partial charge in [-0.2, -0.15) is 8.78 Å². The van der Waals surface area contributed by atoms with Crippen molar-refractivity contribution in [3.63, 3.8) is 0 Å². The fraction of sp³-hybridized carbons (Fsp3) is 0.235. The Morgan fingerprint density at radius 1 is 1.00 bits per heavy atom. The van der Waals surface area contributed by atoms with Crippen LogP contribution in [0.1, 0.15) is 32.6 Å². The van der Waals surface area contributed by atoms with Gasteiger partial charge in [-0.3, -0.25) is 4.79 Å². The first kappa shape index (κ1) is 15.2. The molecule has 2 aromatic rings. The zero-order valence-corrected chi connectivity index (χ0v) is 12.1. The Hall–Kier alpha value is -2.23. The van der Waals surface area contributed by atoms with E-state index in [0.717, 1.165) is 16.7 Å². The van der Waals surface area contributed by atoms with E-state index in [9.17, 15) is 13.6 Å². The number of aryl methyl sites for hydroxylation is 3. The average molecular weight is 290 g/mol. The van der Waals surface area contributed by atoms with Crippen LogP contribution in [-0.4, -0.2) is 12.4 Å². The fourth-order valence-electron chi connectivity index (χ4n) is 2.17. The fourth-order valence-corrected chi connectivity index (χ4v) is 2.17. The highest BCUT2D eigenvalue weighted by Crippen LogP contribution is 2.22. The van der Waals surface area contributed by atoms with Crippen molar-refractivity contribution in [1.29, 1.82) is 0 Å². The summed E-state index contributed by atoms with van der Waals surface area (Å²) in [4.78, 5) is 12.5. The topological polar surface area (TPSA) is 26.3 Å². The van der Waals surface area contributed by atoms with Gasteiger partial charge in [0.2, 0.25) is 0 Å². The van der Waals surface area contributed by atoms with Crippen LogP contribution >= 0.6 is 0 Å². The molecule has 0 bridgehead atoms. The van der Waals surface area contributed by atoms with Crippen LogP contribution in [0.2, 0.25) is 0 Å². The van der Waals surface area contributed by atoms with Crippen molar-refractivity contribution in [3.8, 4) is 5.75 Å². The van der Waals surface area contributed by atoms with Gasteiger partial charge in [0, 0.05) is 11.1 Å². The number of alkyl halides is 2. The average Bonchev–Trinajstić information content (AvgIpc) is 2.41. The molecule has 0 aliphatic heterocycles. The summed E-state index contributed by atoms with van der Waals surface area (Å²) in [6.07, 6.45) is 0. The number of halogens is 2. The molecule has 0 aromatic heterocycles. The molecule has 0 saturated heterocycles. The van der Waals surface area contributed by atoms with Crippen molar-refractivity contribution < 1.29 is 18.3 Å². The van der Waals surface area contributed by atoms with Crippen LogP contribution in [0.5, 0.6) is 5.75 Å². The summed E-state index contributed by atoms with van der Waals surface area (Å²) in [6.45, 7) is 2.87.